The van der Waals surface area contributed by atoms with E-state index in [4.69, 9.17) is 11.6 Å². The van der Waals surface area contributed by atoms with Crippen molar-refractivity contribution in [3.05, 3.63) is 76.7 Å². The molecular weight excluding hydrogens is 429 g/mol. The van der Waals surface area contributed by atoms with Crippen molar-refractivity contribution < 1.29 is 18.0 Å². The molecule has 1 N–H and O–H groups in total. The number of anilines is 1. The van der Waals surface area contributed by atoms with Gasteiger partial charge in [0.15, 0.2) is 0 Å². The van der Waals surface area contributed by atoms with Gasteiger partial charge < -0.3 is 10.2 Å². The summed E-state index contributed by atoms with van der Waals surface area (Å²) in [7, 11) is 3.98. The molecule has 0 unspecified atom stereocenters. The van der Waals surface area contributed by atoms with Crippen LogP contribution in [-0.2, 0) is 12.6 Å². The van der Waals surface area contributed by atoms with Crippen LogP contribution in [0.2, 0.25) is 5.02 Å². The first-order valence-electron chi connectivity index (χ1n) is 9.37. The fraction of sp³-hybridized carbons (Fsp3) is 0.227. The number of hydrogen-bond acceptors (Lipinski definition) is 4. The number of rotatable bonds is 6. The van der Waals surface area contributed by atoms with E-state index in [1.165, 1.54) is 24.4 Å². The highest BCUT2D eigenvalue weighted by molar-refractivity contribution is 6.33. The lowest BCUT2D eigenvalue weighted by atomic mass is 10.1. The number of aromatic nitrogens is 2. The van der Waals surface area contributed by atoms with Gasteiger partial charge >= 0.3 is 6.18 Å². The molecule has 0 aliphatic carbocycles. The lowest BCUT2D eigenvalue weighted by Gasteiger charge is -2.11. The zero-order valence-electron chi connectivity index (χ0n) is 16.9. The fourth-order valence-corrected chi connectivity index (χ4v) is 3.08. The molecule has 3 rings (SSSR count). The summed E-state index contributed by atoms with van der Waals surface area (Å²) >= 11 is 6.37. The predicted octanol–water partition coefficient (Wildman–Crippen LogP) is 5.17. The second kappa shape index (κ2) is 9.45. The molecular formula is C22H20ClF3N4O. The van der Waals surface area contributed by atoms with Crippen molar-refractivity contribution >= 4 is 23.2 Å². The smallest absolute Gasteiger partial charge is 0.321 e. The maximum Gasteiger partial charge on any atom is 0.416 e. The first-order valence-corrected chi connectivity index (χ1v) is 9.75. The molecule has 0 aliphatic heterocycles. The maximum absolute atomic E-state index is 12.6. The number of alkyl halides is 3. The third-order valence-electron chi connectivity index (χ3n) is 4.49. The second-order valence-electron chi connectivity index (χ2n) is 7.19. The third-order valence-corrected chi connectivity index (χ3v) is 4.77. The van der Waals surface area contributed by atoms with Crippen molar-refractivity contribution in [1.29, 1.82) is 0 Å². The Balaban J connectivity index is 1.69. The Morgan fingerprint density at radius 2 is 1.77 bits per heavy atom. The van der Waals surface area contributed by atoms with Crippen LogP contribution in [0, 0.1) is 0 Å². The molecule has 31 heavy (non-hydrogen) atoms. The summed E-state index contributed by atoms with van der Waals surface area (Å²) in [5.41, 5.74) is 1.78. The molecule has 0 radical (unpaired) electrons. The van der Waals surface area contributed by atoms with E-state index in [1.54, 1.807) is 12.3 Å². The summed E-state index contributed by atoms with van der Waals surface area (Å²) in [4.78, 5) is 23.0. The van der Waals surface area contributed by atoms with Crippen LogP contribution >= 0.6 is 11.6 Å². The van der Waals surface area contributed by atoms with E-state index < -0.39 is 17.6 Å². The minimum Gasteiger partial charge on any atom is -0.321 e. The topological polar surface area (TPSA) is 58.1 Å². The van der Waals surface area contributed by atoms with Gasteiger partial charge in [0.25, 0.3) is 5.91 Å². The van der Waals surface area contributed by atoms with E-state index in [0.29, 0.717) is 16.3 Å². The maximum atomic E-state index is 12.6. The van der Waals surface area contributed by atoms with E-state index in [9.17, 15) is 18.0 Å². The molecule has 5 nitrogen and oxygen atoms in total. The van der Waals surface area contributed by atoms with Crippen molar-refractivity contribution in [3.63, 3.8) is 0 Å². The zero-order valence-corrected chi connectivity index (χ0v) is 17.6. The molecule has 0 bridgehead atoms. The third kappa shape index (κ3) is 6.02. The highest BCUT2D eigenvalue weighted by atomic mass is 35.5. The van der Waals surface area contributed by atoms with Crippen LogP contribution in [-0.4, -0.2) is 41.4 Å². The van der Waals surface area contributed by atoms with Crippen LogP contribution in [0.1, 0.15) is 21.6 Å². The lowest BCUT2D eigenvalue weighted by molar-refractivity contribution is -0.137. The summed E-state index contributed by atoms with van der Waals surface area (Å²) in [6, 6.07) is 9.23. The van der Waals surface area contributed by atoms with Gasteiger partial charge in [-0.3, -0.25) is 14.8 Å². The van der Waals surface area contributed by atoms with Crippen molar-refractivity contribution in [3.8, 4) is 11.3 Å². The van der Waals surface area contributed by atoms with Crippen LogP contribution in [0.5, 0.6) is 0 Å². The molecule has 0 fully saturated rings. The van der Waals surface area contributed by atoms with Crippen LogP contribution in [0.15, 0.2) is 54.9 Å². The SMILES string of the molecule is CN(C)CCc1cnc(-c2ccc(C(=O)Nc3ccc(C(F)(F)F)cc3)nc2)c(Cl)c1. The number of nitrogens with one attached hydrogen (secondary N) is 1. The standard InChI is InChI=1S/C22H20ClF3N4O/c1-30(2)10-9-14-11-18(23)20(28-12-14)15-3-8-19(27-13-15)21(31)29-17-6-4-16(5-7-17)22(24,25)26/h3-8,11-13H,9-10H2,1-2H3,(H,29,31). The number of hydrogen-bond donors (Lipinski definition) is 1. The Bertz CT molecular complexity index is 1050. The molecule has 0 saturated heterocycles. The number of halogens is 4. The largest absolute Gasteiger partial charge is 0.416 e. The summed E-state index contributed by atoms with van der Waals surface area (Å²) in [6.45, 7) is 0.877. The van der Waals surface area contributed by atoms with Gasteiger partial charge in [0.1, 0.15) is 5.69 Å². The summed E-state index contributed by atoms with van der Waals surface area (Å²) in [5, 5.41) is 3.01. The molecule has 1 aromatic carbocycles. The molecule has 2 aromatic heterocycles. The van der Waals surface area contributed by atoms with Crippen LogP contribution in [0.25, 0.3) is 11.3 Å². The Kier molecular flexibility index (Phi) is 6.92. The number of carbonyl (C=O) groups is 1. The molecule has 0 atom stereocenters. The van der Waals surface area contributed by atoms with Crippen molar-refractivity contribution in [1.82, 2.24) is 14.9 Å². The van der Waals surface area contributed by atoms with Crippen molar-refractivity contribution in [2.24, 2.45) is 0 Å². The first-order chi connectivity index (χ1) is 14.6. The second-order valence-corrected chi connectivity index (χ2v) is 7.60. The Labute approximate surface area is 182 Å². The first kappa shape index (κ1) is 22.7. The van der Waals surface area contributed by atoms with E-state index in [-0.39, 0.29) is 11.4 Å². The quantitative estimate of drug-likeness (QED) is 0.565. The molecule has 2 heterocycles. The molecule has 162 valence electrons. The molecule has 1 amide bonds. The van der Waals surface area contributed by atoms with E-state index in [1.807, 2.05) is 20.2 Å². The van der Waals surface area contributed by atoms with E-state index in [2.05, 4.69) is 20.2 Å². The lowest BCUT2D eigenvalue weighted by Crippen LogP contribution is -2.15. The van der Waals surface area contributed by atoms with Crippen molar-refractivity contribution in [2.75, 3.05) is 26.0 Å². The molecule has 0 aliphatic rings. The summed E-state index contributed by atoms with van der Waals surface area (Å²) < 4.78 is 37.9. The summed E-state index contributed by atoms with van der Waals surface area (Å²) in [5.74, 6) is -0.538. The average Bonchev–Trinajstić information content (AvgIpc) is 2.72. The van der Waals surface area contributed by atoms with Gasteiger partial charge in [0.2, 0.25) is 0 Å². The van der Waals surface area contributed by atoms with Gasteiger partial charge in [-0.05, 0) is 68.5 Å². The Morgan fingerprint density at radius 1 is 1.06 bits per heavy atom. The zero-order chi connectivity index (χ0) is 22.6. The fourth-order valence-electron chi connectivity index (χ4n) is 2.79. The predicted molar refractivity (Wildman–Crippen MR) is 114 cm³/mol. The van der Waals surface area contributed by atoms with Gasteiger partial charge in [-0.25, -0.2) is 0 Å². The monoisotopic (exact) mass is 448 g/mol. The van der Waals surface area contributed by atoms with Gasteiger partial charge in [0.05, 0.1) is 16.3 Å². The van der Waals surface area contributed by atoms with E-state index in [0.717, 1.165) is 30.7 Å². The molecule has 0 saturated carbocycles. The van der Waals surface area contributed by atoms with Gasteiger partial charge in [-0.2, -0.15) is 13.2 Å². The van der Waals surface area contributed by atoms with Crippen LogP contribution in [0.4, 0.5) is 18.9 Å². The minimum atomic E-state index is -4.43. The number of pyridine rings is 2. The number of benzene rings is 1. The number of carbonyl (C=O) groups excluding carboxylic acids is 1. The Morgan fingerprint density at radius 3 is 2.32 bits per heavy atom. The van der Waals surface area contributed by atoms with Crippen LogP contribution in [0.3, 0.4) is 0 Å². The normalized spacial score (nSPS) is 11.6. The number of likely N-dealkylation sites (N-methyl/N-ethyl adjacent to an activating group) is 1. The number of amides is 1. The van der Waals surface area contributed by atoms with Gasteiger partial charge in [0, 0.05) is 30.2 Å². The Hall–Kier alpha value is -2.97. The molecule has 3 aromatic rings. The minimum absolute atomic E-state index is 0.113. The highest BCUT2D eigenvalue weighted by Crippen LogP contribution is 2.30. The van der Waals surface area contributed by atoms with Gasteiger partial charge in [-0.1, -0.05) is 11.6 Å². The summed E-state index contributed by atoms with van der Waals surface area (Å²) in [6.07, 6.45) is -0.369. The molecule has 9 heteroatoms. The molecule has 0 spiro atoms. The van der Waals surface area contributed by atoms with Crippen molar-refractivity contribution in [2.45, 2.75) is 12.6 Å². The average molecular weight is 449 g/mol. The highest BCUT2D eigenvalue weighted by Gasteiger charge is 2.30. The van der Waals surface area contributed by atoms with Crippen LogP contribution < -0.4 is 5.32 Å². The van der Waals surface area contributed by atoms with Gasteiger partial charge in [-0.15, -0.1) is 0 Å². The van der Waals surface area contributed by atoms with E-state index >= 15 is 0 Å². The number of nitrogens with zero attached hydrogens (tertiary/aromatic N) is 3.